The summed E-state index contributed by atoms with van der Waals surface area (Å²) in [6.45, 7) is 4.87. The van der Waals surface area contributed by atoms with Crippen LogP contribution in [0.15, 0.2) is 27.1 Å². The quantitative estimate of drug-likeness (QED) is 0.878. The zero-order chi connectivity index (χ0) is 13.3. The lowest BCUT2D eigenvalue weighted by molar-refractivity contribution is -0.118. The monoisotopic (exact) mass is 374 g/mol. The molecule has 1 heterocycles. The van der Waals surface area contributed by atoms with Gasteiger partial charge in [-0.1, -0.05) is 19.9 Å². The van der Waals surface area contributed by atoms with Gasteiger partial charge < -0.3 is 10.2 Å². The Morgan fingerprint density at radius 3 is 2.50 bits per heavy atom. The van der Waals surface area contributed by atoms with Crippen LogP contribution in [0.2, 0.25) is 0 Å². The fourth-order valence-electron chi connectivity index (χ4n) is 2.21. The number of nitrogens with zero attached hydrogens (tertiary/aromatic N) is 1. The zero-order valence-corrected chi connectivity index (χ0v) is 13.6. The van der Waals surface area contributed by atoms with Crippen LogP contribution in [0.4, 0.5) is 5.69 Å². The van der Waals surface area contributed by atoms with E-state index in [-0.39, 0.29) is 11.9 Å². The average Bonchev–Trinajstić information content (AvgIpc) is 2.61. The van der Waals surface area contributed by atoms with Gasteiger partial charge in [0.05, 0.1) is 11.7 Å². The van der Waals surface area contributed by atoms with Crippen molar-refractivity contribution in [2.24, 2.45) is 0 Å². The van der Waals surface area contributed by atoms with Crippen molar-refractivity contribution in [3.8, 4) is 0 Å². The molecule has 1 unspecified atom stereocenters. The Bertz CT molecular complexity index is 442. The van der Waals surface area contributed by atoms with Gasteiger partial charge in [-0.05, 0) is 50.4 Å². The predicted octanol–water partition coefficient (Wildman–Crippen LogP) is 3.31. The third kappa shape index (κ3) is 2.78. The van der Waals surface area contributed by atoms with Crippen molar-refractivity contribution in [3.63, 3.8) is 0 Å². The molecule has 0 bridgehead atoms. The molecule has 3 nitrogen and oxygen atoms in total. The molecule has 1 aliphatic heterocycles. The average molecular weight is 376 g/mol. The Labute approximate surface area is 124 Å². The van der Waals surface area contributed by atoms with E-state index >= 15 is 0 Å². The van der Waals surface area contributed by atoms with E-state index in [1.54, 1.807) is 0 Å². The first-order valence-electron chi connectivity index (χ1n) is 6.02. The number of rotatable bonds is 3. The summed E-state index contributed by atoms with van der Waals surface area (Å²) in [6, 6.07) is 6.11. The lowest BCUT2D eigenvalue weighted by Crippen LogP contribution is -2.41. The second-order valence-corrected chi connectivity index (χ2v) is 6.43. The van der Waals surface area contributed by atoms with Gasteiger partial charge in [-0.2, -0.15) is 0 Å². The molecule has 0 saturated carbocycles. The lowest BCUT2D eigenvalue weighted by Gasteiger charge is -2.21. The summed E-state index contributed by atoms with van der Waals surface area (Å²) in [5, 5.41) is 3.31. The first kappa shape index (κ1) is 14.0. The smallest absolute Gasteiger partial charge is 0.244 e. The van der Waals surface area contributed by atoms with E-state index in [2.05, 4.69) is 51.0 Å². The summed E-state index contributed by atoms with van der Waals surface area (Å²) in [4.78, 5) is 14.2. The van der Waals surface area contributed by atoms with E-state index in [0.717, 1.165) is 27.6 Å². The minimum atomic E-state index is -0.0657. The van der Waals surface area contributed by atoms with Crippen LogP contribution >= 0.6 is 31.9 Å². The Morgan fingerprint density at radius 1 is 1.33 bits per heavy atom. The van der Waals surface area contributed by atoms with Crippen LogP contribution in [0, 0.1) is 0 Å². The van der Waals surface area contributed by atoms with Gasteiger partial charge in [0.25, 0.3) is 0 Å². The number of carbonyl (C=O) groups is 1. The molecule has 0 aromatic heterocycles. The minimum Gasteiger partial charge on any atom is -0.309 e. The van der Waals surface area contributed by atoms with Crippen molar-refractivity contribution >= 4 is 43.5 Å². The number of amides is 1. The molecule has 1 N–H and O–H groups in total. The second-order valence-electron chi connectivity index (χ2n) is 4.72. The molecule has 5 heteroatoms. The maximum atomic E-state index is 12.4. The molecule has 2 rings (SSSR count). The van der Waals surface area contributed by atoms with Crippen molar-refractivity contribution in [3.05, 3.63) is 27.1 Å². The predicted molar refractivity (Wildman–Crippen MR) is 80.9 cm³/mol. The largest absolute Gasteiger partial charge is 0.309 e. The van der Waals surface area contributed by atoms with Crippen molar-refractivity contribution in [1.82, 2.24) is 5.32 Å². The molecule has 1 fully saturated rings. The highest BCUT2D eigenvalue weighted by Crippen LogP contribution is 2.36. The van der Waals surface area contributed by atoms with Gasteiger partial charge in [0.1, 0.15) is 0 Å². The number of hydrogen-bond donors (Lipinski definition) is 1. The molecule has 0 spiro atoms. The molecule has 1 atom stereocenters. The van der Waals surface area contributed by atoms with E-state index < -0.39 is 0 Å². The Hall–Kier alpha value is -0.390. The zero-order valence-electron chi connectivity index (χ0n) is 10.4. The van der Waals surface area contributed by atoms with Gasteiger partial charge in [-0.25, -0.2) is 0 Å². The molecule has 1 aromatic rings. The standard InChI is InChI=1S/C13H16Br2N2O/c1-8(2)16-11-6-7-17(13(11)18)12-9(14)4-3-5-10(12)15/h3-5,8,11,16H,6-7H2,1-2H3. The fourth-order valence-corrected chi connectivity index (χ4v) is 3.63. The van der Waals surface area contributed by atoms with Gasteiger partial charge in [0, 0.05) is 21.5 Å². The summed E-state index contributed by atoms with van der Waals surface area (Å²) in [5.41, 5.74) is 0.926. The molecular weight excluding hydrogens is 360 g/mol. The van der Waals surface area contributed by atoms with Crippen LogP contribution in [-0.2, 0) is 4.79 Å². The third-order valence-corrected chi connectivity index (χ3v) is 4.23. The highest BCUT2D eigenvalue weighted by atomic mass is 79.9. The van der Waals surface area contributed by atoms with E-state index in [1.807, 2.05) is 23.1 Å². The van der Waals surface area contributed by atoms with Crippen molar-refractivity contribution in [2.45, 2.75) is 32.4 Å². The van der Waals surface area contributed by atoms with Crippen molar-refractivity contribution in [1.29, 1.82) is 0 Å². The van der Waals surface area contributed by atoms with E-state index in [1.165, 1.54) is 0 Å². The molecule has 18 heavy (non-hydrogen) atoms. The molecule has 1 aromatic carbocycles. The van der Waals surface area contributed by atoms with Crippen LogP contribution in [0.1, 0.15) is 20.3 Å². The highest BCUT2D eigenvalue weighted by Gasteiger charge is 2.34. The van der Waals surface area contributed by atoms with Crippen LogP contribution in [0.25, 0.3) is 0 Å². The van der Waals surface area contributed by atoms with Crippen molar-refractivity contribution < 1.29 is 4.79 Å². The fraction of sp³-hybridized carbons (Fsp3) is 0.462. The van der Waals surface area contributed by atoms with Crippen LogP contribution in [0.5, 0.6) is 0 Å². The lowest BCUT2D eigenvalue weighted by atomic mass is 10.2. The molecule has 0 radical (unpaired) electrons. The summed E-state index contributed by atoms with van der Waals surface area (Å²) < 4.78 is 1.88. The second kappa shape index (κ2) is 5.72. The highest BCUT2D eigenvalue weighted by molar-refractivity contribution is 9.11. The van der Waals surface area contributed by atoms with Gasteiger partial charge in [0.15, 0.2) is 0 Å². The Kier molecular flexibility index (Phi) is 4.45. The molecular formula is C13H16Br2N2O. The number of carbonyl (C=O) groups excluding carboxylic acids is 1. The number of benzene rings is 1. The topological polar surface area (TPSA) is 32.3 Å². The SMILES string of the molecule is CC(C)NC1CCN(c2c(Br)cccc2Br)C1=O. The Morgan fingerprint density at radius 2 is 1.94 bits per heavy atom. The number of hydrogen-bond acceptors (Lipinski definition) is 2. The molecule has 1 amide bonds. The summed E-state index contributed by atoms with van der Waals surface area (Å²) in [7, 11) is 0. The first-order valence-corrected chi connectivity index (χ1v) is 7.60. The summed E-state index contributed by atoms with van der Waals surface area (Å²) in [6.07, 6.45) is 0.852. The number of halogens is 2. The van der Waals surface area contributed by atoms with Gasteiger partial charge >= 0.3 is 0 Å². The van der Waals surface area contributed by atoms with Crippen LogP contribution < -0.4 is 10.2 Å². The van der Waals surface area contributed by atoms with E-state index in [9.17, 15) is 4.79 Å². The van der Waals surface area contributed by atoms with Crippen LogP contribution in [-0.4, -0.2) is 24.5 Å². The molecule has 0 aliphatic carbocycles. The Balaban J connectivity index is 2.23. The normalized spacial score (nSPS) is 19.9. The van der Waals surface area contributed by atoms with Gasteiger partial charge in [-0.15, -0.1) is 0 Å². The van der Waals surface area contributed by atoms with Gasteiger partial charge in [0.2, 0.25) is 5.91 Å². The number of anilines is 1. The van der Waals surface area contributed by atoms with Crippen molar-refractivity contribution in [2.75, 3.05) is 11.4 Å². The molecule has 1 saturated heterocycles. The third-order valence-electron chi connectivity index (χ3n) is 2.95. The maximum absolute atomic E-state index is 12.4. The van der Waals surface area contributed by atoms with Crippen LogP contribution in [0.3, 0.4) is 0 Å². The minimum absolute atomic E-state index is 0.0657. The maximum Gasteiger partial charge on any atom is 0.244 e. The molecule has 1 aliphatic rings. The summed E-state index contributed by atoms with van der Waals surface area (Å²) in [5.74, 6) is 0.149. The molecule has 98 valence electrons. The van der Waals surface area contributed by atoms with Gasteiger partial charge in [-0.3, -0.25) is 4.79 Å². The summed E-state index contributed by atoms with van der Waals surface area (Å²) >= 11 is 7.02. The number of nitrogens with one attached hydrogen (secondary N) is 1. The number of para-hydroxylation sites is 1. The first-order chi connectivity index (χ1) is 8.50. The van der Waals surface area contributed by atoms with E-state index in [4.69, 9.17) is 0 Å². The van der Waals surface area contributed by atoms with E-state index in [0.29, 0.717) is 6.04 Å².